The SMILES string of the molecule is COc1cc2c(C3C(=O)Nc4ccccc43)ncnc2cc1OCCN1CCCC1. The molecule has 1 amide bonds. The lowest BCUT2D eigenvalue weighted by atomic mass is 9.94. The number of anilines is 1. The van der Waals surface area contributed by atoms with E-state index < -0.39 is 5.92 Å². The summed E-state index contributed by atoms with van der Waals surface area (Å²) in [5.74, 6) is 0.719. The van der Waals surface area contributed by atoms with Crippen LogP contribution in [0.15, 0.2) is 42.7 Å². The molecule has 1 unspecified atom stereocenters. The van der Waals surface area contributed by atoms with Gasteiger partial charge in [0.1, 0.15) is 18.9 Å². The lowest BCUT2D eigenvalue weighted by molar-refractivity contribution is -0.116. The van der Waals surface area contributed by atoms with Crippen molar-refractivity contribution in [2.45, 2.75) is 18.8 Å². The number of carbonyl (C=O) groups excluding carboxylic acids is 1. The molecule has 0 aliphatic carbocycles. The van der Waals surface area contributed by atoms with Crippen molar-refractivity contribution in [1.82, 2.24) is 14.9 Å². The minimum atomic E-state index is -0.474. The molecular weight excluding hydrogens is 380 g/mol. The highest BCUT2D eigenvalue weighted by molar-refractivity contribution is 6.06. The van der Waals surface area contributed by atoms with E-state index in [-0.39, 0.29) is 5.91 Å². The zero-order valence-electron chi connectivity index (χ0n) is 16.9. The fraction of sp³-hybridized carbons (Fsp3) is 0.348. The second-order valence-corrected chi connectivity index (χ2v) is 7.69. The fourth-order valence-electron chi connectivity index (χ4n) is 4.36. The number of methoxy groups -OCH3 is 1. The Bertz CT molecular complexity index is 1090. The van der Waals surface area contributed by atoms with Gasteiger partial charge >= 0.3 is 0 Å². The predicted molar refractivity (Wildman–Crippen MR) is 114 cm³/mol. The number of benzene rings is 2. The van der Waals surface area contributed by atoms with Crippen LogP contribution in [-0.4, -0.2) is 54.1 Å². The van der Waals surface area contributed by atoms with Crippen molar-refractivity contribution in [3.63, 3.8) is 0 Å². The van der Waals surface area contributed by atoms with Gasteiger partial charge < -0.3 is 14.8 Å². The van der Waals surface area contributed by atoms with Crippen LogP contribution in [0.3, 0.4) is 0 Å². The fourth-order valence-corrected chi connectivity index (χ4v) is 4.36. The maximum Gasteiger partial charge on any atom is 0.238 e. The van der Waals surface area contributed by atoms with Crippen LogP contribution < -0.4 is 14.8 Å². The number of hydrogen-bond acceptors (Lipinski definition) is 6. The van der Waals surface area contributed by atoms with E-state index in [0.29, 0.717) is 23.8 Å². The monoisotopic (exact) mass is 404 g/mol. The van der Waals surface area contributed by atoms with Crippen LogP contribution in [0.2, 0.25) is 0 Å². The van der Waals surface area contributed by atoms with Gasteiger partial charge in [-0.15, -0.1) is 0 Å². The van der Waals surface area contributed by atoms with Crippen LogP contribution >= 0.6 is 0 Å². The van der Waals surface area contributed by atoms with Crippen molar-refractivity contribution in [2.24, 2.45) is 0 Å². The van der Waals surface area contributed by atoms with Gasteiger partial charge in [-0.1, -0.05) is 18.2 Å². The number of para-hydroxylation sites is 1. The smallest absolute Gasteiger partial charge is 0.238 e. The van der Waals surface area contributed by atoms with Crippen LogP contribution in [0.4, 0.5) is 5.69 Å². The maximum absolute atomic E-state index is 12.7. The molecule has 7 nitrogen and oxygen atoms in total. The molecule has 0 bridgehead atoms. The summed E-state index contributed by atoms with van der Waals surface area (Å²) in [6.07, 6.45) is 4.03. The molecule has 5 rings (SSSR count). The van der Waals surface area contributed by atoms with Gasteiger partial charge in [-0.25, -0.2) is 9.97 Å². The maximum atomic E-state index is 12.7. The lowest BCUT2D eigenvalue weighted by Gasteiger charge is -2.17. The van der Waals surface area contributed by atoms with E-state index in [1.54, 1.807) is 7.11 Å². The summed E-state index contributed by atoms with van der Waals surface area (Å²) in [5, 5.41) is 3.74. The normalized spacial score (nSPS) is 18.4. The van der Waals surface area contributed by atoms with E-state index in [4.69, 9.17) is 9.47 Å². The molecule has 1 aromatic heterocycles. The number of ether oxygens (including phenoxy) is 2. The van der Waals surface area contributed by atoms with Crippen LogP contribution in [0.5, 0.6) is 11.5 Å². The molecule has 1 N–H and O–H groups in total. The number of nitrogens with zero attached hydrogens (tertiary/aromatic N) is 3. The second kappa shape index (κ2) is 7.91. The Morgan fingerprint density at radius 1 is 1.13 bits per heavy atom. The number of amides is 1. The predicted octanol–water partition coefficient (Wildman–Crippen LogP) is 3.20. The van der Waals surface area contributed by atoms with E-state index in [0.717, 1.165) is 41.8 Å². The van der Waals surface area contributed by atoms with Gasteiger partial charge in [-0.3, -0.25) is 9.69 Å². The molecule has 2 aliphatic rings. The largest absolute Gasteiger partial charge is 0.493 e. The first-order chi connectivity index (χ1) is 14.7. The van der Waals surface area contributed by atoms with Gasteiger partial charge in [0.05, 0.1) is 18.3 Å². The number of rotatable bonds is 6. The molecule has 154 valence electrons. The lowest BCUT2D eigenvalue weighted by Crippen LogP contribution is -2.25. The van der Waals surface area contributed by atoms with Crippen molar-refractivity contribution in [1.29, 1.82) is 0 Å². The summed E-state index contributed by atoms with van der Waals surface area (Å²) >= 11 is 0. The molecule has 3 heterocycles. The molecule has 1 fully saturated rings. The van der Waals surface area contributed by atoms with E-state index in [2.05, 4.69) is 20.2 Å². The first-order valence-corrected chi connectivity index (χ1v) is 10.3. The van der Waals surface area contributed by atoms with Crippen molar-refractivity contribution < 1.29 is 14.3 Å². The summed E-state index contributed by atoms with van der Waals surface area (Å²) in [6.45, 7) is 3.77. The highest BCUT2D eigenvalue weighted by atomic mass is 16.5. The Morgan fingerprint density at radius 2 is 1.97 bits per heavy atom. The molecule has 7 heteroatoms. The standard InChI is InChI=1S/C23H24N4O3/c1-29-19-12-16-18(13-20(19)30-11-10-27-8-4-5-9-27)24-14-25-22(16)21-15-6-2-3-7-17(15)26-23(21)28/h2-3,6-7,12-14,21H,4-5,8-11H2,1H3,(H,26,28). The Morgan fingerprint density at radius 3 is 2.80 bits per heavy atom. The highest BCUT2D eigenvalue weighted by Gasteiger charge is 2.34. The average Bonchev–Trinajstić information content (AvgIpc) is 3.39. The van der Waals surface area contributed by atoms with Gasteiger partial charge in [0, 0.05) is 23.7 Å². The molecule has 3 aromatic rings. The minimum absolute atomic E-state index is 0.0823. The first-order valence-electron chi connectivity index (χ1n) is 10.3. The van der Waals surface area contributed by atoms with Gasteiger partial charge in [0.15, 0.2) is 11.5 Å². The number of hydrogen-bond donors (Lipinski definition) is 1. The molecule has 2 aromatic carbocycles. The molecule has 1 saturated heterocycles. The number of carbonyl (C=O) groups is 1. The van der Waals surface area contributed by atoms with E-state index >= 15 is 0 Å². The summed E-state index contributed by atoms with van der Waals surface area (Å²) in [7, 11) is 1.62. The van der Waals surface area contributed by atoms with Crippen LogP contribution in [0, 0.1) is 0 Å². The highest BCUT2D eigenvalue weighted by Crippen LogP contribution is 2.40. The van der Waals surface area contributed by atoms with Gasteiger partial charge in [0.2, 0.25) is 5.91 Å². The van der Waals surface area contributed by atoms with E-state index in [1.807, 2.05) is 36.4 Å². The van der Waals surface area contributed by atoms with Crippen molar-refractivity contribution in [2.75, 3.05) is 38.7 Å². The zero-order chi connectivity index (χ0) is 20.5. The third-order valence-corrected chi connectivity index (χ3v) is 5.88. The molecule has 0 saturated carbocycles. The van der Waals surface area contributed by atoms with Gasteiger partial charge in [-0.2, -0.15) is 0 Å². The van der Waals surface area contributed by atoms with Gasteiger partial charge in [-0.05, 0) is 43.6 Å². The third-order valence-electron chi connectivity index (χ3n) is 5.88. The summed E-state index contributed by atoms with van der Waals surface area (Å²) in [4.78, 5) is 24.0. The summed E-state index contributed by atoms with van der Waals surface area (Å²) in [6, 6.07) is 11.5. The Balaban J connectivity index is 1.48. The molecule has 0 radical (unpaired) electrons. The first kappa shape index (κ1) is 18.8. The molecule has 0 spiro atoms. The van der Waals surface area contributed by atoms with Crippen LogP contribution in [0.1, 0.15) is 30.0 Å². The van der Waals surface area contributed by atoms with E-state index in [9.17, 15) is 4.79 Å². The number of likely N-dealkylation sites (tertiary alicyclic amines) is 1. The Labute approximate surface area is 175 Å². The molecular formula is C23H24N4O3. The number of aromatic nitrogens is 2. The molecule has 1 atom stereocenters. The van der Waals surface area contributed by atoms with Crippen LogP contribution in [0.25, 0.3) is 10.9 Å². The minimum Gasteiger partial charge on any atom is -0.493 e. The summed E-state index contributed by atoms with van der Waals surface area (Å²) < 4.78 is 11.6. The van der Waals surface area contributed by atoms with Crippen LogP contribution in [-0.2, 0) is 4.79 Å². The Kier molecular flexibility index (Phi) is 4.96. The van der Waals surface area contributed by atoms with E-state index in [1.165, 1.54) is 19.2 Å². The topological polar surface area (TPSA) is 76.6 Å². The number of nitrogens with one attached hydrogen (secondary N) is 1. The average molecular weight is 404 g/mol. The number of fused-ring (bicyclic) bond motifs is 2. The van der Waals surface area contributed by atoms with Crippen molar-refractivity contribution in [3.05, 3.63) is 54.0 Å². The zero-order valence-corrected chi connectivity index (χ0v) is 16.9. The van der Waals surface area contributed by atoms with Crippen molar-refractivity contribution in [3.8, 4) is 11.5 Å². The Hall–Kier alpha value is -3.19. The second-order valence-electron chi connectivity index (χ2n) is 7.69. The molecule has 2 aliphatic heterocycles. The molecule has 30 heavy (non-hydrogen) atoms. The quantitative estimate of drug-likeness (QED) is 0.680. The van der Waals surface area contributed by atoms with Crippen molar-refractivity contribution >= 4 is 22.5 Å². The van der Waals surface area contributed by atoms with Gasteiger partial charge in [0.25, 0.3) is 0 Å². The third kappa shape index (κ3) is 3.35. The summed E-state index contributed by atoms with van der Waals surface area (Å²) in [5.41, 5.74) is 3.15.